The third kappa shape index (κ3) is 1.05. The number of hydrogen-bond donors (Lipinski definition) is 1. The van der Waals surface area contributed by atoms with Gasteiger partial charge in [-0.3, -0.25) is 0 Å². The highest BCUT2D eigenvalue weighted by molar-refractivity contribution is 5.31. The minimum Gasteiger partial charge on any atom is -0.393 e. The van der Waals surface area contributed by atoms with E-state index in [1.54, 1.807) is 5.57 Å². The third-order valence-corrected chi connectivity index (χ3v) is 5.54. The maximum Gasteiger partial charge on any atom is 0.0700 e. The lowest BCUT2D eigenvalue weighted by Gasteiger charge is -2.59. The zero-order valence-corrected chi connectivity index (χ0v) is 9.87. The first kappa shape index (κ1) is 10.4. The molecule has 0 bridgehead atoms. The van der Waals surface area contributed by atoms with Crippen molar-refractivity contribution in [1.82, 2.24) is 0 Å². The Labute approximate surface area is 97.0 Å². The lowest BCUT2D eigenvalue weighted by atomic mass is 9.44. The van der Waals surface area contributed by atoms with E-state index in [0.29, 0.717) is 12.3 Å². The van der Waals surface area contributed by atoms with Gasteiger partial charge >= 0.3 is 0 Å². The van der Waals surface area contributed by atoms with E-state index in [-0.39, 0.29) is 16.9 Å². The van der Waals surface area contributed by atoms with Gasteiger partial charge in [-0.15, -0.1) is 0 Å². The van der Waals surface area contributed by atoms with Crippen LogP contribution in [-0.4, -0.2) is 11.2 Å². The molecule has 0 spiro atoms. The van der Waals surface area contributed by atoms with Crippen LogP contribution in [0.2, 0.25) is 0 Å². The second-order valence-electron chi connectivity index (χ2n) is 6.08. The van der Waals surface area contributed by atoms with Crippen LogP contribution in [0.3, 0.4) is 0 Å². The van der Waals surface area contributed by atoms with E-state index in [2.05, 4.69) is 19.1 Å². The van der Waals surface area contributed by atoms with E-state index in [1.807, 2.05) is 0 Å². The Hall–Kier alpha value is -0.810. The standard InChI is InChI=1S/C14H19NO/c1-13-6-5-11(16)8-14(13,9-15)7-4-10-2-3-12(10)13/h4,11-12,16H,2-3,5-8H2,1H3/t11-,12?,13+,14-/m0/s1. The van der Waals surface area contributed by atoms with Gasteiger partial charge in [-0.25, -0.2) is 0 Å². The molecule has 2 saturated carbocycles. The van der Waals surface area contributed by atoms with Crippen LogP contribution in [0, 0.1) is 28.1 Å². The lowest BCUT2D eigenvalue weighted by molar-refractivity contribution is -0.0701. The maximum absolute atomic E-state index is 9.86. The molecule has 0 aromatic carbocycles. The molecule has 0 heterocycles. The quantitative estimate of drug-likeness (QED) is 0.634. The van der Waals surface area contributed by atoms with Crippen LogP contribution >= 0.6 is 0 Å². The summed E-state index contributed by atoms with van der Waals surface area (Å²) >= 11 is 0. The van der Waals surface area contributed by atoms with Crippen LogP contribution in [-0.2, 0) is 0 Å². The van der Waals surface area contributed by atoms with E-state index < -0.39 is 0 Å². The Morgan fingerprint density at radius 2 is 2.31 bits per heavy atom. The molecule has 4 atom stereocenters. The van der Waals surface area contributed by atoms with Crippen LogP contribution in [0.25, 0.3) is 0 Å². The van der Waals surface area contributed by atoms with Crippen molar-refractivity contribution in [3.8, 4) is 6.07 Å². The van der Waals surface area contributed by atoms with Crippen molar-refractivity contribution in [1.29, 1.82) is 5.26 Å². The smallest absolute Gasteiger partial charge is 0.0700 e. The fraction of sp³-hybridized carbons (Fsp3) is 0.786. The maximum atomic E-state index is 9.86. The van der Waals surface area contributed by atoms with Crippen molar-refractivity contribution in [2.75, 3.05) is 0 Å². The van der Waals surface area contributed by atoms with E-state index >= 15 is 0 Å². The molecule has 16 heavy (non-hydrogen) atoms. The van der Waals surface area contributed by atoms with Gasteiger partial charge in [0.1, 0.15) is 0 Å². The van der Waals surface area contributed by atoms with Gasteiger partial charge in [-0.05, 0) is 49.9 Å². The normalized spacial score (nSPS) is 50.4. The molecule has 0 saturated heterocycles. The molecule has 2 heteroatoms. The lowest BCUT2D eigenvalue weighted by Crippen LogP contribution is -2.54. The van der Waals surface area contributed by atoms with Crippen molar-refractivity contribution in [3.63, 3.8) is 0 Å². The minimum absolute atomic E-state index is 0.128. The Kier molecular flexibility index (Phi) is 2.01. The molecule has 3 aliphatic rings. The van der Waals surface area contributed by atoms with Crippen molar-refractivity contribution < 1.29 is 5.11 Å². The zero-order valence-electron chi connectivity index (χ0n) is 9.87. The van der Waals surface area contributed by atoms with Crippen molar-refractivity contribution in [3.05, 3.63) is 11.6 Å². The van der Waals surface area contributed by atoms with Crippen LogP contribution in [0.15, 0.2) is 11.6 Å². The Morgan fingerprint density at radius 1 is 1.50 bits per heavy atom. The molecule has 0 aromatic rings. The first-order valence-corrected chi connectivity index (χ1v) is 6.40. The van der Waals surface area contributed by atoms with Gasteiger partial charge in [-0.1, -0.05) is 18.6 Å². The fourth-order valence-electron chi connectivity index (χ4n) is 4.22. The summed E-state index contributed by atoms with van der Waals surface area (Å²) in [7, 11) is 0. The SMILES string of the molecule is C[C@]12CC[C@H](O)C[C@]1(C#N)CC=C1CCC12. The average Bonchev–Trinajstić information content (AvgIpc) is 2.21. The topological polar surface area (TPSA) is 44.0 Å². The fourth-order valence-corrected chi connectivity index (χ4v) is 4.22. The number of nitrogens with zero attached hydrogens (tertiary/aromatic N) is 1. The molecule has 0 radical (unpaired) electrons. The summed E-state index contributed by atoms with van der Waals surface area (Å²) < 4.78 is 0. The number of hydrogen-bond acceptors (Lipinski definition) is 2. The second kappa shape index (κ2) is 3.11. The van der Waals surface area contributed by atoms with Crippen LogP contribution in [0.4, 0.5) is 0 Å². The van der Waals surface area contributed by atoms with Gasteiger partial charge in [0.2, 0.25) is 0 Å². The molecule has 0 aliphatic heterocycles. The zero-order chi connectivity index (χ0) is 11.4. The molecule has 1 unspecified atom stereocenters. The number of rotatable bonds is 0. The molecule has 2 nitrogen and oxygen atoms in total. The number of aliphatic hydroxyl groups is 1. The van der Waals surface area contributed by atoms with Gasteiger partial charge < -0.3 is 5.11 Å². The third-order valence-electron chi connectivity index (χ3n) is 5.54. The monoisotopic (exact) mass is 217 g/mol. The Bertz CT molecular complexity index is 394. The van der Waals surface area contributed by atoms with Crippen LogP contribution in [0.5, 0.6) is 0 Å². The van der Waals surface area contributed by atoms with Crippen LogP contribution < -0.4 is 0 Å². The molecule has 3 aliphatic carbocycles. The molecule has 0 aromatic heterocycles. The minimum atomic E-state index is -0.292. The summed E-state index contributed by atoms with van der Waals surface area (Å²) in [5.74, 6) is 0.633. The van der Waals surface area contributed by atoms with Gasteiger partial charge in [0.25, 0.3) is 0 Å². The molecular weight excluding hydrogens is 198 g/mol. The molecule has 1 N–H and O–H groups in total. The van der Waals surface area contributed by atoms with Crippen molar-refractivity contribution in [2.24, 2.45) is 16.7 Å². The predicted octanol–water partition coefficient (Wildman–Crippen LogP) is 2.79. The second-order valence-corrected chi connectivity index (χ2v) is 6.08. The molecule has 2 fully saturated rings. The summed E-state index contributed by atoms with van der Waals surface area (Å²) in [4.78, 5) is 0. The number of nitriles is 1. The van der Waals surface area contributed by atoms with Gasteiger partial charge in [0, 0.05) is 0 Å². The average molecular weight is 217 g/mol. The number of fused-ring (bicyclic) bond motifs is 3. The van der Waals surface area contributed by atoms with E-state index in [9.17, 15) is 10.4 Å². The van der Waals surface area contributed by atoms with Gasteiger partial charge in [-0.2, -0.15) is 5.26 Å². The number of allylic oxidation sites excluding steroid dienone is 2. The highest BCUT2D eigenvalue weighted by atomic mass is 16.3. The van der Waals surface area contributed by atoms with E-state index in [4.69, 9.17) is 0 Å². The van der Waals surface area contributed by atoms with E-state index in [1.165, 1.54) is 12.8 Å². The van der Waals surface area contributed by atoms with Crippen LogP contribution in [0.1, 0.15) is 45.4 Å². The summed E-state index contributed by atoms with van der Waals surface area (Å²) in [6.45, 7) is 2.29. The predicted molar refractivity (Wildman–Crippen MR) is 61.4 cm³/mol. The Balaban J connectivity index is 2.05. The van der Waals surface area contributed by atoms with Gasteiger partial charge in [0.05, 0.1) is 17.6 Å². The molecule has 86 valence electrons. The molecular formula is C14H19NO. The molecule has 3 rings (SSSR count). The van der Waals surface area contributed by atoms with Crippen molar-refractivity contribution in [2.45, 2.75) is 51.6 Å². The summed E-state index contributed by atoms with van der Waals surface area (Å²) in [5.41, 5.74) is 1.42. The van der Waals surface area contributed by atoms with Crippen molar-refractivity contribution >= 4 is 0 Å². The summed E-state index contributed by atoms with van der Waals surface area (Å²) in [6, 6.07) is 2.57. The van der Waals surface area contributed by atoms with Gasteiger partial charge in [0.15, 0.2) is 0 Å². The highest BCUT2D eigenvalue weighted by Gasteiger charge is 2.59. The van der Waals surface area contributed by atoms with E-state index in [0.717, 1.165) is 19.3 Å². The first-order chi connectivity index (χ1) is 7.61. The largest absolute Gasteiger partial charge is 0.393 e. The number of aliphatic hydroxyl groups excluding tert-OH is 1. The highest BCUT2D eigenvalue weighted by Crippen LogP contribution is 2.65. The Morgan fingerprint density at radius 3 is 2.94 bits per heavy atom. The first-order valence-electron chi connectivity index (χ1n) is 6.40. The summed E-state index contributed by atoms with van der Waals surface area (Å²) in [5, 5.41) is 19.5. The molecule has 0 amide bonds. The summed E-state index contributed by atoms with van der Waals surface area (Å²) in [6.07, 6.45) is 7.96.